The van der Waals surface area contributed by atoms with Gasteiger partial charge in [-0.05, 0) is 43.2 Å². The van der Waals surface area contributed by atoms with Gasteiger partial charge in [0.05, 0.1) is 12.1 Å². The molecule has 0 aromatic heterocycles. The lowest BCUT2D eigenvalue weighted by atomic mass is 10.1. The minimum absolute atomic E-state index is 0.0546. The van der Waals surface area contributed by atoms with E-state index in [9.17, 15) is 4.79 Å². The summed E-state index contributed by atoms with van der Waals surface area (Å²) in [5.74, 6) is 0.867. The highest BCUT2D eigenvalue weighted by atomic mass is 35.5. The van der Waals surface area contributed by atoms with Crippen molar-refractivity contribution in [2.24, 2.45) is 0 Å². The molecule has 1 amide bonds. The molecule has 4 rings (SSSR count). The molecule has 1 fully saturated rings. The third kappa shape index (κ3) is 3.31. The number of halogens is 1. The topological polar surface area (TPSA) is 32.8 Å². The van der Waals surface area contributed by atoms with Gasteiger partial charge in [-0.1, -0.05) is 23.7 Å². The first kappa shape index (κ1) is 16.3. The Morgan fingerprint density at radius 1 is 1.04 bits per heavy atom. The number of hydrogen-bond donors (Lipinski definition) is 0. The number of amides is 1. The van der Waals surface area contributed by atoms with Crippen LogP contribution in [0.5, 0.6) is 5.75 Å². The quantitative estimate of drug-likeness (QED) is 0.816. The van der Waals surface area contributed by atoms with Gasteiger partial charge >= 0.3 is 0 Å². The molecule has 2 aromatic carbocycles. The van der Waals surface area contributed by atoms with Gasteiger partial charge in [0.1, 0.15) is 12.4 Å². The van der Waals surface area contributed by atoms with Crippen LogP contribution in [0.2, 0.25) is 5.02 Å². The zero-order valence-electron chi connectivity index (χ0n) is 14.1. The number of fused-ring (bicyclic) bond motifs is 1. The fraction of sp³-hybridized carbons (Fsp3) is 0.350. The van der Waals surface area contributed by atoms with Gasteiger partial charge in [0.15, 0.2) is 0 Å². The lowest BCUT2D eigenvalue weighted by Crippen LogP contribution is -2.34. The average Bonchev–Trinajstić information content (AvgIpc) is 3.08. The van der Waals surface area contributed by atoms with E-state index in [2.05, 4.69) is 11.0 Å². The van der Waals surface area contributed by atoms with E-state index in [0.717, 1.165) is 35.7 Å². The third-order valence-electron chi connectivity index (χ3n) is 4.87. The van der Waals surface area contributed by atoms with Gasteiger partial charge in [-0.2, -0.15) is 0 Å². The van der Waals surface area contributed by atoms with E-state index in [0.29, 0.717) is 24.7 Å². The van der Waals surface area contributed by atoms with Crippen LogP contribution in [0.4, 0.5) is 5.69 Å². The number of nitrogens with zero attached hydrogens (tertiary/aromatic N) is 2. The first-order chi connectivity index (χ1) is 12.2. The van der Waals surface area contributed by atoms with E-state index in [1.54, 1.807) is 0 Å². The molecule has 0 aliphatic carbocycles. The minimum atomic E-state index is 0.0546. The summed E-state index contributed by atoms with van der Waals surface area (Å²) in [7, 11) is 0. The summed E-state index contributed by atoms with van der Waals surface area (Å²) in [5, 5.41) is 0.661. The first-order valence-corrected chi connectivity index (χ1v) is 9.14. The van der Waals surface area contributed by atoms with Crippen LogP contribution in [-0.2, 0) is 6.54 Å². The number of ether oxygens (including phenoxy) is 1. The predicted molar refractivity (Wildman–Crippen MR) is 99.6 cm³/mol. The molecule has 0 spiro atoms. The minimum Gasteiger partial charge on any atom is -0.491 e. The van der Waals surface area contributed by atoms with Crippen molar-refractivity contribution in [1.82, 2.24) is 4.90 Å². The monoisotopic (exact) mass is 356 g/mol. The second-order valence-electron chi connectivity index (χ2n) is 6.54. The summed E-state index contributed by atoms with van der Waals surface area (Å²) in [6, 6.07) is 13.5. The SMILES string of the molecule is O=C(c1ccccc1N1CCCC1)N1CCOc2ccc(Cl)cc2C1. The van der Waals surface area contributed by atoms with Crippen LogP contribution in [0, 0.1) is 0 Å². The Morgan fingerprint density at radius 2 is 1.84 bits per heavy atom. The summed E-state index contributed by atoms with van der Waals surface area (Å²) in [6.07, 6.45) is 2.37. The van der Waals surface area contributed by atoms with E-state index >= 15 is 0 Å². The molecule has 0 atom stereocenters. The number of hydrogen-bond acceptors (Lipinski definition) is 3. The molecule has 2 heterocycles. The molecule has 130 valence electrons. The van der Waals surface area contributed by atoms with E-state index in [1.165, 1.54) is 12.8 Å². The van der Waals surface area contributed by atoms with Crippen molar-refractivity contribution in [2.75, 3.05) is 31.1 Å². The summed E-state index contributed by atoms with van der Waals surface area (Å²) < 4.78 is 5.79. The largest absolute Gasteiger partial charge is 0.491 e. The van der Waals surface area contributed by atoms with Gasteiger partial charge in [0.25, 0.3) is 5.91 Å². The maximum atomic E-state index is 13.2. The molecule has 1 saturated heterocycles. The summed E-state index contributed by atoms with van der Waals surface area (Å²) in [4.78, 5) is 17.4. The highest BCUT2D eigenvalue weighted by Crippen LogP contribution is 2.29. The molecule has 0 N–H and O–H groups in total. The van der Waals surface area contributed by atoms with Crippen LogP contribution in [0.3, 0.4) is 0 Å². The fourth-order valence-corrected chi connectivity index (χ4v) is 3.79. The number of para-hydroxylation sites is 1. The highest BCUT2D eigenvalue weighted by Gasteiger charge is 2.25. The van der Waals surface area contributed by atoms with Crippen LogP contribution in [0.25, 0.3) is 0 Å². The van der Waals surface area contributed by atoms with Gasteiger partial charge in [-0.15, -0.1) is 0 Å². The predicted octanol–water partition coefficient (Wildman–Crippen LogP) is 3.98. The molecular formula is C20H21ClN2O2. The lowest BCUT2D eigenvalue weighted by Gasteiger charge is -2.25. The van der Waals surface area contributed by atoms with Crippen molar-refractivity contribution in [3.05, 3.63) is 58.6 Å². The smallest absolute Gasteiger partial charge is 0.256 e. The van der Waals surface area contributed by atoms with E-state index < -0.39 is 0 Å². The number of benzene rings is 2. The first-order valence-electron chi connectivity index (χ1n) is 8.77. The maximum absolute atomic E-state index is 13.2. The molecule has 0 bridgehead atoms. The standard InChI is InChI=1S/C20H21ClN2O2/c21-16-7-8-19-15(13-16)14-23(11-12-25-19)20(24)17-5-1-2-6-18(17)22-9-3-4-10-22/h1-2,5-8,13H,3-4,9-12,14H2. The molecule has 5 heteroatoms. The summed E-state index contributed by atoms with van der Waals surface area (Å²) in [6.45, 7) is 3.62. The maximum Gasteiger partial charge on any atom is 0.256 e. The van der Waals surface area contributed by atoms with Crippen molar-refractivity contribution in [3.63, 3.8) is 0 Å². The Balaban J connectivity index is 1.63. The van der Waals surface area contributed by atoms with Crippen molar-refractivity contribution in [3.8, 4) is 5.75 Å². The Kier molecular flexibility index (Phi) is 4.53. The van der Waals surface area contributed by atoms with Crippen LogP contribution in [0.1, 0.15) is 28.8 Å². The van der Waals surface area contributed by atoms with Gasteiger partial charge in [0, 0.05) is 35.9 Å². The average molecular weight is 357 g/mol. The van der Waals surface area contributed by atoms with Crippen molar-refractivity contribution in [1.29, 1.82) is 0 Å². The molecular weight excluding hydrogens is 336 g/mol. The second kappa shape index (κ2) is 6.96. The van der Waals surface area contributed by atoms with Crippen molar-refractivity contribution in [2.45, 2.75) is 19.4 Å². The number of rotatable bonds is 2. The molecule has 2 aliphatic heterocycles. The second-order valence-corrected chi connectivity index (χ2v) is 6.97. The molecule has 0 unspecified atom stereocenters. The van der Waals surface area contributed by atoms with Crippen LogP contribution >= 0.6 is 11.6 Å². The molecule has 4 nitrogen and oxygen atoms in total. The normalized spacial score (nSPS) is 17.0. The van der Waals surface area contributed by atoms with Crippen LogP contribution in [-0.4, -0.2) is 37.0 Å². The Labute approximate surface area is 152 Å². The van der Waals surface area contributed by atoms with Crippen molar-refractivity contribution < 1.29 is 9.53 Å². The Bertz CT molecular complexity index is 787. The van der Waals surface area contributed by atoms with Gasteiger partial charge in [-0.3, -0.25) is 4.79 Å². The lowest BCUT2D eigenvalue weighted by molar-refractivity contribution is 0.0734. The van der Waals surface area contributed by atoms with E-state index in [-0.39, 0.29) is 5.91 Å². The van der Waals surface area contributed by atoms with Gasteiger partial charge < -0.3 is 14.5 Å². The van der Waals surface area contributed by atoms with Crippen LogP contribution in [0.15, 0.2) is 42.5 Å². The molecule has 0 saturated carbocycles. The Hall–Kier alpha value is -2.20. The number of carbonyl (C=O) groups excluding carboxylic acids is 1. The zero-order valence-corrected chi connectivity index (χ0v) is 14.8. The van der Waals surface area contributed by atoms with E-state index in [1.807, 2.05) is 41.3 Å². The third-order valence-corrected chi connectivity index (χ3v) is 5.11. The highest BCUT2D eigenvalue weighted by molar-refractivity contribution is 6.30. The van der Waals surface area contributed by atoms with E-state index in [4.69, 9.17) is 16.3 Å². The molecule has 25 heavy (non-hydrogen) atoms. The van der Waals surface area contributed by atoms with Crippen LogP contribution < -0.4 is 9.64 Å². The van der Waals surface area contributed by atoms with Crippen molar-refractivity contribution >= 4 is 23.2 Å². The van der Waals surface area contributed by atoms with Gasteiger partial charge in [-0.25, -0.2) is 0 Å². The Morgan fingerprint density at radius 3 is 2.68 bits per heavy atom. The van der Waals surface area contributed by atoms with Gasteiger partial charge in [0.2, 0.25) is 0 Å². The molecule has 0 radical (unpaired) electrons. The zero-order chi connectivity index (χ0) is 17.2. The number of anilines is 1. The number of carbonyl (C=O) groups is 1. The summed E-state index contributed by atoms with van der Waals surface area (Å²) >= 11 is 6.12. The summed E-state index contributed by atoms with van der Waals surface area (Å²) in [5.41, 5.74) is 2.77. The molecule has 2 aromatic rings. The molecule has 2 aliphatic rings. The fourth-order valence-electron chi connectivity index (χ4n) is 3.59.